The monoisotopic (exact) mass is 258 g/mol. The summed E-state index contributed by atoms with van der Waals surface area (Å²) in [5.41, 5.74) is 2.23. The van der Waals surface area contributed by atoms with Crippen molar-refractivity contribution in [2.75, 3.05) is 19.7 Å². The molecule has 1 fully saturated rings. The van der Waals surface area contributed by atoms with Crippen molar-refractivity contribution in [2.45, 2.75) is 19.6 Å². The average Bonchev–Trinajstić information content (AvgIpc) is 2.85. The van der Waals surface area contributed by atoms with Crippen LogP contribution in [0.3, 0.4) is 0 Å². The summed E-state index contributed by atoms with van der Waals surface area (Å²) in [5, 5.41) is 4.05. The van der Waals surface area contributed by atoms with Crippen molar-refractivity contribution in [1.82, 2.24) is 10.1 Å². The van der Waals surface area contributed by atoms with Gasteiger partial charge in [0.05, 0.1) is 18.4 Å². The van der Waals surface area contributed by atoms with Crippen molar-refractivity contribution in [2.24, 2.45) is 0 Å². The summed E-state index contributed by atoms with van der Waals surface area (Å²) in [4.78, 5) is 2.36. The third-order valence-corrected chi connectivity index (χ3v) is 3.38. The molecule has 2 aromatic rings. The zero-order chi connectivity index (χ0) is 13.1. The normalized spacial score (nSPS) is 20.6. The molecule has 0 saturated carbocycles. The molecule has 1 aromatic carbocycles. The van der Waals surface area contributed by atoms with E-state index in [-0.39, 0.29) is 6.10 Å². The minimum absolute atomic E-state index is 0.156. The number of rotatable bonds is 3. The van der Waals surface area contributed by atoms with Crippen LogP contribution >= 0.6 is 0 Å². The SMILES string of the molecule is Cc1cc(CN2CCOC(c3ccccc3)C2)no1. The van der Waals surface area contributed by atoms with E-state index in [9.17, 15) is 0 Å². The molecule has 0 radical (unpaired) electrons. The van der Waals surface area contributed by atoms with Crippen LogP contribution in [0.25, 0.3) is 0 Å². The molecular formula is C15H18N2O2. The van der Waals surface area contributed by atoms with Crippen LogP contribution in [-0.2, 0) is 11.3 Å². The second-order valence-corrected chi connectivity index (χ2v) is 4.93. The molecule has 1 saturated heterocycles. The van der Waals surface area contributed by atoms with E-state index in [1.54, 1.807) is 0 Å². The summed E-state index contributed by atoms with van der Waals surface area (Å²) in [6.45, 7) is 5.34. The molecule has 0 aliphatic carbocycles. The summed E-state index contributed by atoms with van der Waals surface area (Å²) >= 11 is 0. The van der Waals surface area contributed by atoms with E-state index < -0.39 is 0 Å². The van der Waals surface area contributed by atoms with Gasteiger partial charge < -0.3 is 9.26 Å². The Bertz CT molecular complexity index is 524. The van der Waals surface area contributed by atoms with Gasteiger partial charge in [-0.3, -0.25) is 4.90 Å². The van der Waals surface area contributed by atoms with Crippen molar-refractivity contribution in [3.05, 3.63) is 53.4 Å². The predicted molar refractivity (Wildman–Crippen MR) is 71.7 cm³/mol. The fourth-order valence-corrected chi connectivity index (χ4v) is 2.44. The van der Waals surface area contributed by atoms with Crippen molar-refractivity contribution in [3.63, 3.8) is 0 Å². The Hall–Kier alpha value is -1.65. The molecule has 1 unspecified atom stereocenters. The van der Waals surface area contributed by atoms with Crippen LogP contribution in [0, 0.1) is 6.92 Å². The zero-order valence-electron chi connectivity index (χ0n) is 11.1. The van der Waals surface area contributed by atoms with Crippen LogP contribution in [0.2, 0.25) is 0 Å². The first-order chi connectivity index (χ1) is 9.31. The van der Waals surface area contributed by atoms with Crippen molar-refractivity contribution in [1.29, 1.82) is 0 Å². The molecule has 4 heteroatoms. The average molecular weight is 258 g/mol. The Morgan fingerprint density at radius 3 is 2.89 bits per heavy atom. The highest BCUT2D eigenvalue weighted by atomic mass is 16.5. The Morgan fingerprint density at radius 1 is 1.32 bits per heavy atom. The second kappa shape index (κ2) is 5.55. The van der Waals surface area contributed by atoms with Gasteiger partial charge in [0.2, 0.25) is 0 Å². The molecule has 19 heavy (non-hydrogen) atoms. The lowest BCUT2D eigenvalue weighted by Gasteiger charge is -2.32. The highest BCUT2D eigenvalue weighted by Gasteiger charge is 2.22. The molecule has 1 atom stereocenters. The minimum atomic E-state index is 0.156. The van der Waals surface area contributed by atoms with E-state index in [2.05, 4.69) is 34.3 Å². The third-order valence-electron chi connectivity index (χ3n) is 3.38. The Morgan fingerprint density at radius 2 is 2.16 bits per heavy atom. The molecule has 2 heterocycles. The van der Waals surface area contributed by atoms with Gasteiger partial charge in [-0.25, -0.2) is 0 Å². The van der Waals surface area contributed by atoms with E-state index in [1.807, 2.05) is 19.1 Å². The van der Waals surface area contributed by atoms with Crippen LogP contribution < -0.4 is 0 Å². The molecule has 0 spiro atoms. The lowest BCUT2D eigenvalue weighted by molar-refractivity contribution is -0.0335. The van der Waals surface area contributed by atoms with Crippen LogP contribution in [0.1, 0.15) is 23.1 Å². The number of hydrogen-bond acceptors (Lipinski definition) is 4. The minimum Gasteiger partial charge on any atom is -0.371 e. The number of benzene rings is 1. The quantitative estimate of drug-likeness (QED) is 0.848. The maximum atomic E-state index is 5.85. The fraction of sp³-hybridized carbons (Fsp3) is 0.400. The smallest absolute Gasteiger partial charge is 0.133 e. The molecule has 0 N–H and O–H groups in total. The number of morpholine rings is 1. The molecule has 100 valence electrons. The lowest BCUT2D eigenvalue weighted by atomic mass is 10.1. The molecule has 1 aliphatic heterocycles. The topological polar surface area (TPSA) is 38.5 Å². The number of aryl methyl sites for hydroxylation is 1. The number of hydrogen-bond donors (Lipinski definition) is 0. The van der Waals surface area contributed by atoms with E-state index in [1.165, 1.54) is 5.56 Å². The van der Waals surface area contributed by atoms with E-state index in [4.69, 9.17) is 9.26 Å². The molecule has 4 nitrogen and oxygen atoms in total. The second-order valence-electron chi connectivity index (χ2n) is 4.93. The zero-order valence-corrected chi connectivity index (χ0v) is 11.1. The molecule has 0 bridgehead atoms. The fourth-order valence-electron chi connectivity index (χ4n) is 2.44. The predicted octanol–water partition coefficient (Wildman–Crippen LogP) is 2.56. The molecule has 0 amide bonds. The van der Waals surface area contributed by atoms with E-state index in [0.29, 0.717) is 0 Å². The number of ether oxygens (including phenoxy) is 1. The Balaban J connectivity index is 1.65. The van der Waals surface area contributed by atoms with Gasteiger partial charge in [-0.15, -0.1) is 0 Å². The molecule has 3 rings (SSSR count). The summed E-state index contributed by atoms with van der Waals surface area (Å²) < 4.78 is 11.0. The van der Waals surface area contributed by atoms with Gasteiger partial charge in [0.15, 0.2) is 0 Å². The van der Waals surface area contributed by atoms with Crippen LogP contribution in [0.15, 0.2) is 40.9 Å². The van der Waals surface area contributed by atoms with E-state index in [0.717, 1.165) is 37.7 Å². The largest absolute Gasteiger partial charge is 0.371 e. The first kappa shape index (κ1) is 12.4. The highest BCUT2D eigenvalue weighted by molar-refractivity contribution is 5.18. The Kier molecular flexibility index (Phi) is 3.62. The number of aromatic nitrogens is 1. The van der Waals surface area contributed by atoms with Gasteiger partial charge >= 0.3 is 0 Å². The first-order valence-electron chi connectivity index (χ1n) is 6.62. The standard InChI is InChI=1S/C15H18N2O2/c1-12-9-14(16-19-12)10-17-7-8-18-15(11-17)13-5-3-2-4-6-13/h2-6,9,15H,7-8,10-11H2,1H3. The van der Waals surface area contributed by atoms with Gasteiger partial charge in [0.1, 0.15) is 5.76 Å². The summed E-state index contributed by atoms with van der Waals surface area (Å²) in [6, 6.07) is 12.4. The van der Waals surface area contributed by atoms with Crippen molar-refractivity contribution < 1.29 is 9.26 Å². The van der Waals surface area contributed by atoms with Gasteiger partial charge in [0, 0.05) is 25.7 Å². The Labute approximate surface area is 113 Å². The van der Waals surface area contributed by atoms with Gasteiger partial charge in [0.25, 0.3) is 0 Å². The lowest BCUT2D eigenvalue weighted by Crippen LogP contribution is -2.37. The van der Waals surface area contributed by atoms with Gasteiger partial charge in [-0.1, -0.05) is 35.5 Å². The van der Waals surface area contributed by atoms with Crippen LogP contribution in [0.5, 0.6) is 0 Å². The first-order valence-corrected chi connectivity index (χ1v) is 6.62. The molecular weight excluding hydrogens is 240 g/mol. The van der Waals surface area contributed by atoms with Gasteiger partial charge in [-0.2, -0.15) is 0 Å². The maximum absolute atomic E-state index is 5.85. The summed E-state index contributed by atoms with van der Waals surface area (Å²) in [5.74, 6) is 0.864. The van der Waals surface area contributed by atoms with Crippen molar-refractivity contribution in [3.8, 4) is 0 Å². The van der Waals surface area contributed by atoms with Crippen LogP contribution in [0.4, 0.5) is 0 Å². The third kappa shape index (κ3) is 3.03. The maximum Gasteiger partial charge on any atom is 0.133 e. The summed E-state index contributed by atoms with van der Waals surface area (Å²) in [6.07, 6.45) is 0.156. The van der Waals surface area contributed by atoms with Crippen LogP contribution in [-0.4, -0.2) is 29.8 Å². The number of nitrogens with zero attached hydrogens (tertiary/aromatic N) is 2. The van der Waals surface area contributed by atoms with Gasteiger partial charge in [-0.05, 0) is 12.5 Å². The van der Waals surface area contributed by atoms with E-state index >= 15 is 0 Å². The van der Waals surface area contributed by atoms with Crippen molar-refractivity contribution >= 4 is 0 Å². The molecule has 1 aromatic heterocycles. The highest BCUT2D eigenvalue weighted by Crippen LogP contribution is 2.22. The molecule has 1 aliphatic rings. The summed E-state index contributed by atoms with van der Waals surface area (Å²) in [7, 11) is 0.